The fraction of sp³-hybridized carbons (Fsp3) is 0.267. The summed E-state index contributed by atoms with van der Waals surface area (Å²) >= 11 is 6.20. The van der Waals surface area contributed by atoms with Gasteiger partial charge in [0.15, 0.2) is 11.6 Å². The molecule has 1 aromatic carbocycles. The molecule has 0 spiro atoms. The van der Waals surface area contributed by atoms with E-state index >= 15 is 0 Å². The topological polar surface area (TPSA) is 43.6 Å². The summed E-state index contributed by atoms with van der Waals surface area (Å²) in [6.07, 6.45) is 3.54. The molecule has 2 heterocycles. The number of aryl methyl sites for hydroxylation is 1. The monoisotopic (exact) mass is 320 g/mol. The highest BCUT2D eigenvalue weighted by atomic mass is 35.5. The van der Waals surface area contributed by atoms with Gasteiger partial charge in [0, 0.05) is 24.4 Å². The molecule has 0 aliphatic heterocycles. The molecular weight excluding hydrogens is 310 g/mol. The van der Waals surface area contributed by atoms with Crippen LogP contribution < -0.4 is 0 Å². The second kappa shape index (κ2) is 4.71. The maximum atomic E-state index is 13.6. The Morgan fingerprint density at radius 3 is 2.59 bits per heavy atom. The van der Waals surface area contributed by atoms with Crippen molar-refractivity contribution >= 4 is 22.6 Å². The van der Waals surface area contributed by atoms with Gasteiger partial charge in [-0.15, -0.1) is 0 Å². The minimum atomic E-state index is -0.911. The number of halogens is 3. The molecule has 1 aliphatic carbocycles. The lowest BCUT2D eigenvalue weighted by molar-refractivity contribution is 0.510. The van der Waals surface area contributed by atoms with Crippen molar-refractivity contribution in [2.75, 3.05) is 0 Å². The molecule has 112 valence electrons. The second-order valence-electron chi connectivity index (χ2n) is 5.41. The number of imidazole rings is 1. The number of benzene rings is 1. The van der Waals surface area contributed by atoms with Gasteiger partial charge in [-0.05, 0) is 19.8 Å². The largest absolute Gasteiger partial charge is 0.321 e. The first-order chi connectivity index (χ1) is 10.5. The predicted molar refractivity (Wildman–Crippen MR) is 78.7 cm³/mol. The Bertz CT molecular complexity index is 902. The van der Waals surface area contributed by atoms with Crippen LogP contribution >= 0.6 is 11.6 Å². The summed E-state index contributed by atoms with van der Waals surface area (Å²) in [7, 11) is 0. The average molecular weight is 321 g/mol. The maximum absolute atomic E-state index is 13.6. The van der Waals surface area contributed by atoms with Gasteiger partial charge in [-0.25, -0.2) is 23.7 Å². The van der Waals surface area contributed by atoms with Gasteiger partial charge < -0.3 is 4.57 Å². The molecule has 2 aromatic heterocycles. The van der Waals surface area contributed by atoms with Crippen LogP contribution in [0.4, 0.5) is 8.78 Å². The van der Waals surface area contributed by atoms with Crippen molar-refractivity contribution in [1.82, 2.24) is 19.5 Å². The summed E-state index contributed by atoms with van der Waals surface area (Å²) in [6.45, 7) is 1.74. The zero-order valence-electron chi connectivity index (χ0n) is 11.6. The van der Waals surface area contributed by atoms with Gasteiger partial charge >= 0.3 is 0 Å². The standard InChI is InChI=1S/C15H11ClF2N4/c1-7-19-6-9(14(16)20-7)15-21-12-4-10(17)11(18)5-13(12)22(15)8-2-3-8/h4-6,8H,2-3H2,1H3. The van der Waals surface area contributed by atoms with Crippen molar-refractivity contribution in [3.63, 3.8) is 0 Å². The predicted octanol–water partition coefficient (Wildman–Crippen LogP) is 4.07. The van der Waals surface area contributed by atoms with Gasteiger partial charge in [0.05, 0.1) is 16.6 Å². The number of rotatable bonds is 2. The van der Waals surface area contributed by atoms with Crippen LogP contribution in [0.2, 0.25) is 5.15 Å². The van der Waals surface area contributed by atoms with E-state index in [0.29, 0.717) is 28.2 Å². The fourth-order valence-corrected chi connectivity index (χ4v) is 2.83. The second-order valence-corrected chi connectivity index (χ2v) is 5.77. The molecule has 0 N–H and O–H groups in total. The highest BCUT2D eigenvalue weighted by Crippen LogP contribution is 2.42. The van der Waals surface area contributed by atoms with E-state index in [9.17, 15) is 8.78 Å². The number of hydrogen-bond acceptors (Lipinski definition) is 3. The third kappa shape index (κ3) is 2.06. The van der Waals surface area contributed by atoms with Crippen LogP contribution in [-0.4, -0.2) is 19.5 Å². The normalized spacial score (nSPS) is 14.7. The first-order valence-electron chi connectivity index (χ1n) is 6.91. The van der Waals surface area contributed by atoms with Crippen molar-refractivity contribution in [2.24, 2.45) is 0 Å². The van der Waals surface area contributed by atoms with Gasteiger partial charge in [0.25, 0.3) is 0 Å². The smallest absolute Gasteiger partial charge is 0.161 e. The van der Waals surface area contributed by atoms with E-state index < -0.39 is 11.6 Å². The Morgan fingerprint density at radius 2 is 1.91 bits per heavy atom. The SMILES string of the molecule is Cc1ncc(-c2nc3cc(F)c(F)cc3n2C2CC2)c(Cl)n1. The lowest BCUT2D eigenvalue weighted by atomic mass is 10.3. The van der Waals surface area contributed by atoms with Crippen LogP contribution in [0.3, 0.4) is 0 Å². The lowest BCUT2D eigenvalue weighted by Crippen LogP contribution is -2.00. The van der Waals surface area contributed by atoms with E-state index in [-0.39, 0.29) is 11.2 Å². The lowest BCUT2D eigenvalue weighted by Gasteiger charge is -2.08. The summed E-state index contributed by atoms with van der Waals surface area (Å²) in [6, 6.07) is 2.51. The van der Waals surface area contributed by atoms with Crippen molar-refractivity contribution in [3.05, 3.63) is 40.9 Å². The molecule has 4 nitrogen and oxygen atoms in total. The summed E-state index contributed by atoms with van der Waals surface area (Å²) < 4.78 is 29.0. The van der Waals surface area contributed by atoms with Gasteiger partial charge in [0.2, 0.25) is 0 Å². The Kier molecular flexibility index (Phi) is 2.91. The molecule has 1 aliphatic rings. The summed E-state index contributed by atoms with van der Waals surface area (Å²) in [5.74, 6) is -0.690. The average Bonchev–Trinajstić information content (AvgIpc) is 3.23. The van der Waals surface area contributed by atoms with Gasteiger partial charge in [-0.3, -0.25) is 0 Å². The fourth-order valence-electron chi connectivity index (χ4n) is 2.58. The van der Waals surface area contributed by atoms with E-state index in [1.165, 1.54) is 6.07 Å². The zero-order valence-corrected chi connectivity index (χ0v) is 12.4. The molecule has 7 heteroatoms. The summed E-state index contributed by atoms with van der Waals surface area (Å²) in [5, 5.41) is 0.283. The van der Waals surface area contributed by atoms with Crippen LogP contribution in [0, 0.1) is 18.6 Å². The molecule has 0 atom stereocenters. The molecule has 4 rings (SSSR count). The maximum Gasteiger partial charge on any atom is 0.161 e. The van der Waals surface area contributed by atoms with Crippen LogP contribution in [-0.2, 0) is 0 Å². The Morgan fingerprint density at radius 1 is 1.18 bits per heavy atom. The number of aromatic nitrogens is 4. The van der Waals surface area contributed by atoms with E-state index in [2.05, 4.69) is 15.0 Å². The third-order valence-electron chi connectivity index (χ3n) is 3.75. The summed E-state index contributed by atoms with van der Waals surface area (Å²) in [4.78, 5) is 12.7. The highest BCUT2D eigenvalue weighted by molar-refractivity contribution is 6.32. The first-order valence-corrected chi connectivity index (χ1v) is 7.29. The van der Waals surface area contributed by atoms with Crippen molar-refractivity contribution in [3.8, 4) is 11.4 Å². The van der Waals surface area contributed by atoms with Crippen LogP contribution in [0.5, 0.6) is 0 Å². The molecular formula is C15H11ClF2N4. The van der Waals surface area contributed by atoms with Gasteiger partial charge in [-0.1, -0.05) is 11.6 Å². The minimum absolute atomic E-state index is 0.224. The van der Waals surface area contributed by atoms with Crippen LogP contribution in [0.1, 0.15) is 24.7 Å². The molecule has 0 saturated heterocycles. The highest BCUT2D eigenvalue weighted by Gasteiger charge is 2.30. The van der Waals surface area contributed by atoms with Crippen LogP contribution in [0.25, 0.3) is 22.4 Å². The van der Waals surface area contributed by atoms with Crippen molar-refractivity contribution in [2.45, 2.75) is 25.8 Å². The molecule has 1 fully saturated rings. The number of hydrogen-bond donors (Lipinski definition) is 0. The van der Waals surface area contributed by atoms with E-state index in [4.69, 9.17) is 11.6 Å². The Labute approximate surface area is 129 Å². The summed E-state index contributed by atoms with van der Waals surface area (Å²) in [5.41, 5.74) is 1.53. The Balaban J connectivity index is 2.02. The molecule has 3 aromatic rings. The molecule has 0 unspecified atom stereocenters. The van der Waals surface area contributed by atoms with Crippen molar-refractivity contribution < 1.29 is 8.78 Å². The third-order valence-corrected chi connectivity index (χ3v) is 4.04. The number of fused-ring (bicyclic) bond motifs is 1. The van der Waals surface area contributed by atoms with Crippen LogP contribution in [0.15, 0.2) is 18.3 Å². The van der Waals surface area contributed by atoms with Gasteiger partial charge in [-0.2, -0.15) is 0 Å². The molecule has 0 radical (unpaired) electrons. The molecule has 0 bridgehead atoms. The quantitative estimate of drug-likeness (QED) is 0.669. The van der Waals surface area contributed by atoms with E-state index in [0.717, 1.165) is 18.9 Å². The molecule has 22 heavy (non-hydrogen) atoms. The first kappa shape index (κ1) is 13.6. The molecule has 1 saturated carbocycles. The minimum Gasteiger partial charge on any atom is -0.321 e. The Hall–Kier alpha value is -2.08. The van der Waals surface area contributed by atoms with Gasteiger partial charge in [0.1, 0.15) is 16.8 Å². The van der Waals surface area contributed by atoms with E-state index in [1.807, 2.05) is 4.57 Å². The van der Waals surface area contributed by atoms with E-state index in [1.54, 1.807) is 13.1 Å². The number of nitrogens with zero attached hydrogens (tertiary/aromatic N) is 4. The van der Waals surface area contributed by atoms with Crippen molar-refractivity contribution in [1.29, 1.82) is 0 Å². The zero-order chi connectivity index (χ0) is 15.4. The molecule has 0 amide bonds.